The Morgan fingerprint density at radius 1 is 1.27 bits per heavy atom. The summed E-state index contributed by atoms with van der Waals surface area (Å²) in [6.07, 6.45) is 4.79. The lowest BCUT2D eigenvalue weighted by atomic mass is 10.1. The van der Waals surface area contributed by atoms with Gasteiger partial charge in [-0.3, -0.25) is 0 Å². The first-order valence-electron chi connectivity index (χ1n) is 5.97. The van der Waals surface area contributed by atoms with E-state index < -0.39 is 0 Å². The zero-order valence-corrected chi connectivity index (χ0v) is 9.95. The molecule has 1 aliphatic heterocycles. The van der Waals surface area contributed by atoms with E-state index >= 15 is 0 Å². The van der Waals surface area contributed by atoms with E-state index in [1.165, 1.54) is 19.3 Å². The third-order valence-electron chi connectivity index (χ3n) is 3.09. The maximum atomic E-state index is 11.9. The van der Waals surface area contributed by atoms with Crippen LogP contribution in [-0.2, 0) is 4.74 Å². The van der Waals surface area contributed by atoms with E-state index in [2.05, 4.69) is 0 Å². The summed E-state index contributed by atoms with van der Waals surface area (Å²) in [6.45, 7) is 6.66. The highest BCUT2D eigenvalue weighted by Crippen LogP contribution is 2.40. The van der Waals surface area contributed by atoms with E-state index in [1.807, 2.05) is 25.7 Å². The molecule has 3 nitrogen and oxygen atoms in total. The van der Waals surface area contributed by atoms with Crippen molar-refractivity contribution in [1.82, 2.24) is 4.90 Å². The molecule has 0 unspecified atom stereocenters. The molecule has 1 amide bonds. The molecule has 0 spiro atoms. The highest BCUT2D eigenvalue weighted by atomic mass is 16.6. The first kappa shape index (κ1) is 10.8. The van der Waals surface area contributed by atoms with Gasteiger partial charge in [-0.25, -0.2) is 4.79 Å². The Morgan fingerprint density at radius 2 is 1.93 bits per heavy atom. The molecule has 0 aromatic rings. The minimum atomic E-state index is -0.367. The Morgan fingerprint density at radius 3 is 2.47 bits per heavy atom. The van der Waals surface area contributed by atoms with Crippen molar-refractivity contribution in [3.8, 4) is 0 Å². The molecule has 2 fully saturated rings. The lowest BCUT2D eigenvalue weighted by molar-refractivity contribution is 0.0210. The van der Waals surface area contributed by atoms with E-state index in [1.54, 1.807) is 0 Å². The molecule has 3 heteroatoms. The fourth-order valence-corrected chi connectivity index (χ4v) is 2.31. The lowest BCUT2D eigenvalue weighted by Gasteiger charge is -2.28. The van der Waals surface area contributed by atoms with Crippen LogP contribution in [0.3, 0.4) is 0 Å². The average Bonchev–Trinajstić information content (AvgIpc) is 2.80. The van der Waals surface area contributed by atoms with Crippen molar-refractivity contribution >= 4 is 6.09 Å². The number of nitrogens with zero attached hydrogens (tertiary/aromatic N) is 1. The van der Waals surface area contributed by atoms with Crippen molar-refractivity contribution < 1.29 is 9.53 Å². The summed E-state index contributed by atoms with van der Waals surface area (Å²) in [5.74, 6) is 0.764. The van der Waals surface area contributed by atoms with E-state index in [-0.39, 0.29) is 11.7 Å². The molecule has 0 aromatic carbocycles. The third-order valence-corrected chi connectivity index (χ3v) is 3.09. The highest BCUT2D eigenvalue weighted by molar-refractivity contribution is 5.69. The van der Waals surface area contributed by atoms with Gasteiger partial charge in [0.15, 0.2) is 0 Å². The number of carbonyl (C=O) groups is 1. The molecule has 2 aliphatic rings. The number of carbonyl (C=O) groups excluding carboxylic acids is 1. The van der Waals surface area contributed by atoms with Crippen LogP contribution in [0, 0.1) is 5.92 Å². The van der Waals surface area contributed by atoms with Crippen LogP contribution in [0.2, 0.25) is 0 Å². The van der Waals surface area contributed by atoms with Gasteiger partial charge in [0, 0.05) is 12.6 Å². The molecule has 1 aliphatic carbocycles. The minimum absolute atomic E-state index is 0.114. The summed E-state index contributed by atoms with van der Waals surface area (Å²) in [4.78, 5) is 13.9. The van der Waals surface area contributed by atoms with E-state index in [0.29, 0.717) is 6.04 Å². The van der Waals surface area contributed by atoms with Crippen LogP contribution in [0.25, 0.3) is 0 Å². The van der Waals surface area contributed by atoms with E-state index in [4.69, 9.17) is 4.74 Å². The first-order chi connectivity index (χ1) is 6.97. The van der Waals surface area contributed by atoms with Crippen LogP contribution in [-0.4, -0.2) is 29.2 Å². The fourth-order valence-electron chi connectivity index (χ4n) is 2.31. The first-order valence-corrected chi connectivity index (χ1v) is 5.97. The fraction of sp³-hybridized carbons (Fsp3) is 0.917. The largest absolute Gasteiger partial charge is 0.444 e. The van der Waals surface area contributed by atoms with E-state index in [9.17, 15) is 4.79 Å². The second kappa shape index (κ2) is 3.69. The molecule has 1 saturated heterocycles. The zero-order valence-electron chi connectivity index (χ0n) is 9.95. The maximum absolute atomic E-state index is 11.9. The van der Waals surface area contributed by atoms with Crippen LogP contribution in [0.1, 0.15) is 46.5 Å². The Bertz CT molecular complexity index is 253. The van der Waals surface area contributed by atoms with Gasteiger partial charge in [-0.15, -0.1) is 0 Å². The topological polar surface area (TPSA) is 29.5 Å². The predicted molar refractivity (Wildman–Crippen MR) is 58.7 cm³/mol. The summed E-state index contributed by atoms with van der Waals surface area (Å²) in [5.41, 5.74) is -0.367. The van der Waals surface area contributed by atoms with Crippen molar-refractivity contribution in [3.63, 3.8) is 0 Å². The van der Waals surface area contributed by atoms with Crippen molar-refractivity contribution in [2.24, 2.45) is 5.92 Å². The molecule has 0 bridgehead atoms. The lowest BCUT2D eigenvalue weighted by Crippen LogP contribution is -2.40. The Labute approximate surface area is 91.8 Å². The van der Waals surface area contributed by atoms with Crippen molar-refractivity contribution in [2.45, 2.75) is 58.1 Å². The molecule has 0 N–H and O–H groups in total. The number of amides is 1. The number of ether oxygens (including phenoxy) is 1. The van der Waals surface area contributed by atoms with E-state index in [0.717, 1.165) is 18.9 Å². The summed E-state index contributed by atoms with van der Waals surface area (Å²) in [6, 6.07) is 0.472. The van der Waals surface area contributed by atoms with Gasteiger partial charge in [0.25, 0.3) is 0 Å². The molecule has 0 aromatic heterocycles. The Balaban J connectivity index is 1.93. The monoisotopic (exact) mass is 211 g/mol. The molecule has 0 radical (unpaired) electrons. The van der Waals surface area contributed by atoms with Crippen LogP contribution in [0.4, 0.5) is 4.79 Å². The van der Waals surface area contributed by atoms with Gasteiger partial charge in [-0.2, -0.15) is 0 Å². The van der Waals surface area contributed by atoms with Crippen LogP contribution in [0.15, 0.2) is 0 Å². The van der Waals surface area contributed by atoms with Crippen molar-refractivity contribution in [3.05, 3.63) is 0 Å². The van der Waals surface area contributed by atoms with Crippen molar-refractivity contribution in [1.29, 1.82) is 0 Å². The molecule has 1 heterocycles. The summed E-state index contributed by atoms with van der Waals surface area (Å²) >= 11 is 0. The zero-order chi connectivity index (χ0) is 11.1. The molecule has 1 atom stereocenters. The Kier molecular flexibility index (Phi) is 2.65. The van der Waals surface area contributed by atoms with Crippen molar-refractivity contribution in [2.75, 3.05) is 6.54 Å². The van der Waals surface area contributed by atoms with Gasteiger partial charge in [0.05, 0.1) is 0 Å². The standard InChI is InChI=1S/C12H21NO2/c1-12(2,3)15-11(14)13-8-4-5-10(13)9-6-7-9/h9-10H,4-8H2,1-3H3/t10-/m0/s1. The summed E-state index contributed by atoms with van der Waals surface area (Å²) in [5, 5.41) is 0. The molecule has 1 saturated carbocycles. The highest BCUT2D eigenvalue weighted by Gasteiger charge is 2.41. The van der Waals surface area contributed by atoms with Crippen LogP contribution in [0.5, 0.6) is 0 Å². The summed E-state index contributed by atoms with van der Waals surface area (Å²) in [7, 11) is 0. The molecule has 86 valence electrons. The van der Waals surface area contributed by atoms with Gasteiger partial charge < -0.3 is 9.64 Å². The third kappa shape index (κ3) is 2.64. The molecule has 15 heavy (non-hydrogen) atoms. The maximum Gasteiger partial charge on any atom is 0.410 e. The van der Waals surface area contributed by atoms with Crippen LogP contribution < -0.4 is 0 Å². The average molecular weight is 211 g/mol. The van der Waals surface area contributed by atoms with Gasteiger partial charge in [0.1, 0.15) is 5.60 Å². The molecular formula is C12H21NO2. The van der Waals surface area contributed by atoms with Gasteiger partial charge in [-0.05, 0) is 52.4 Å². The normalized spacial score (nSPS) is 26.9. The Hall–Kier alpha value is -0.730. The summed E-state index contributed by atoms with van der Waals surface area (Å²) < 4.78 is 5.42. The van der Waals surface area contributed by atoms with Crippen LogP contribution >= 0.6 is 0 Å². The second-order valence-electron chi connectivity index (χ2n) is 5.72. The molecular weight excluding hydrogens is 190 g/mol. The number of rotatable bonds is 1. The minimum Gasteiger partial charge on any atom is -0.444 e. The molecule has 2 rings (SSSR count). The SMILES string of the molecule is CC(C)(C)OC(=O)N1CCC[C@H]1C1CC1. The van der Waals surface area contributed by atoms with Gasteiger partial charge in [-0.1, -0.05) is 0 Å². The van der Waals surface area contributed by atoms with Gasteiger partial charge >= 0.3 is 6.09 Å². The smallest absolute Gasteiger partial charge is 0.410 e. The number of hydrogen-bond donors (Lipinski definition) is 0. The predicted octanol–water partition coefficient (Wildman–Crippen LogP) is 2.80. The number of hydrogen-bond acceptors (Lipinski definition) is 2. The van der Waals surface area contributed by atoms with Gasteiger partial charge in [0.2, 0.25) is 0 Å². The second-order valence-corrected chi connectivity index (χ2v) is 5.72. The quantitative estimate of drug-likeness (QED) is 0.667. The number of likely N-dealkylation sites (tertiary alicyclic amines) is 1.